The molecule has 1 aromatic carbocycles. The van der Waals surface area contributed by atoms with E-state index in [1.54, 1.807) is 0 Å². The number of fused-ring (bicyclic) bond motifs is 1. The first-order valence-corrected chi connectivity index (χ1v) is 5.98. The van der Waals surface area contributed by atoms with Crippen molar-refractivity contribution in [3.05, 3.63) is 30.2 Å². The van der Waals surface area contributed by atoms with Crippen LogP contribution in [0.4, 0.5) is 0 Å². The zero-order chi connectivity index (χ0) is 10.7. The Morgan fingerprint density at radius 1 is 1.47 bits per heavy atom. The van der Waals surface area contributed by atoms with E-state index < -0.39 is 0 Å². The number of alkyl halides is 1. The molecule has 80 valence electrons. The van der Waals surface area contributed by atoms with E-state index in [0.29, 0.717) is 0 Å². The molecular formula is C11H13BrN2O. The Morgan fingerprint density at radius 3 is 3.13 bits per heavy atom. The molecule has 0 radical (unpaired) electrons. The zero-order valence-corrected chi connectivity index (χ0v) is 10.2. The normalized spacial score (nSPS) is 11.4. The maximum Gasteiger partial charge on any atom is 0.181 e. The van der Waals surface area contributed by atoms with Crippen molar-refractivity contribution in [3.8, 4) is 0 Å². The van der Waals surface area contributed by atoms with E-state index >= 15 is 0 Å². The van der Waals surface area contributed by atoms with E-state index in [1.165, 1.54) is 12.0 Å². The molecule has 3 nitrogen and oxygen atoms in total. The van der Waals surface area contributed by atoms with Crippen LogP contribution in [0.5, 0.6) is 0 Å². The number of oxazole rings is 1. The smallest absolute Gasteiger partial charge is 0.181 e. The standard InChI is InChI=1S/C11H13BrN2O/c1-14(7-12)5-4-9-2-3-10-11(6-9)15-8-13-10/h2-3,6,8H,4-5,7H2,1H3. The van der Waals surface area contributed by atoms with Gasteiger partial charge in [-0.05, 0) is 31.2 Å². The first-order chi connectivity index (χ1) is 7.29. The maximum absolute atomic E-state index is 5.26. The molecule has 1 aromatic heterocycles. The summed E-state index contributed by atoms with van der Waals surface area (Å²) in [6.07, 6.45) is 2.51. The van der Waals surface area contributed by atoms with Gasteiger partial charge in [0.2, 0.25) is 0 Å². The molecule has 2 rings (SSSR count). The molecule has 1 heterocycles. The summed E-state index contributed by atoms with van der Waals surface area (Å²) in [5, 5.41) is 0. The third-order valence-corrected chi connectivity index (χ3v) is 3.24. The van der Waals surface area contributed by atoms with Gasteiger partial charge in [-0.3, -0.25) is 4.90 Å². The molecule has 0 aliphatic heterocycles. The van der Waals surface area contributed by atoms with Crippen LogP contribution in [0.25, 0.3) is 11.1 Å². The minimum absolute atomic E-state index is 0.869. The van der Waals surface area contributed by atoms with E-state index in [0.717, 1.165) is 29.5 Å². The highest BCUT2D eigenvalue weighted by Gasteiger charge is 2.01. The molecule has 0 N–H and O–H groups in total. The summed E-state index contributed by atoms with van der Waals surface area (Å²) in [4.78, 5) is 6.30. The van der Waals surface area contributed by atoms with Gasteiger partial charge in [0, 0.05) is 6.54 Å². The second-order valence-electron chi connectivity index (χ2n) is 3.60. The average molecular weight is 269 g/mol. The first-order valence-electron chi connectivity index (χ1n) is 4.86. The van der Waals surface area contributed by atoms with E-state index in [2.05, 4.69) is 45.0 Å². The Balaban J connectivity index is 2.08. The fraction of sp³-hybridized carbons (Fsp3) is 0.364. The number of rotatable bonds is 4. The predicted octanol–water partition coefficient (Wildman–Crippen LogP) is 2.65. The number of aromatic nitrogens is 1. The van der Waals surface area contributed by atoms with Gasteiger partial charge in [0.25, 0.3) is 0 Å². The summed E-state index contributed by atoms with van der Waals surface area (Å²) in [5.41, 5.74) is 3.98. The number of halogens is 1. The molecule has 2 aromatic rings. The molecule has 0 atom stereocenters. The molecule has 0 saturated carbocycles. The highest BCUT2D eigenvalue weighted by Crippen LogP contribution is 2.14. The molecule has 4 heteroatoms. The predicted molar refractivity (Wildman–Crippen MR) is 64.1 cm³/mol. The number of likely N-dealkylation sites (N-methyl/N-ethyl adjacent to an activating group) is 1. The lowest BCUT2D eigenvalue weighted by Crippen LogP contribution is -2.18. The summed E-state index contributed by atoms with van der Waals surface area (Å²) in [6, 6.07) is 6.17. The van der Waals surface area contributed by atoms with Crippen LogP contribution in [0, 0.1) is 0 Å². The van der Waals surface area contributed by atoms with Crippen LogP contribution in [0.3, 0.4) is 0 Å². The number of benzene rings is 1. The van der Waals surface area contributed by atoms with Crippen molar-refractivity contribution in [1.29, 1.82) is 0 Å². The van der Waals surface area contributed by atoms with Crippen molar-refractivity contribution in [2.24, 2.45) is 0 Å². The topological polar surface area (TPSA) is 29.3 Å². The quantitative estimate of drug-likeness (QED) is 0.631. The zero-order valence-electron chi connectivity index (χ0n) is 8.61. The van der Waals surface area contributed by atoms with Crippen LogP contribution in [-0.2, 0) is 6.42 Å². The van der Waals surface area contributed by atoms with Crippen LogP contribution in [0.15, 0.2) is 29.0 Å². The highest BCUT2D eigenvalue weighted by atomic mass is 79.9. The Bertz CT molecular complexity index is 441. The lowest BCUT2D eigenvalue weighted by molar-refractivity contribution is 0.401. The van der Waals surface area contributed by atoms with Gasteiger partial charge in [-0.15, -0.1) is 0 Å². The van der Waals surface area contributed by atoms with Gasteiger partial charge in [-0.1, -0.05) is 22.0 Å². The Labute approximate surface area is 97.2 Å². The van der Waals surface area contributed by atoms with Crippen LogP contribution in [0.2, 0.25) is 0 Å². The van der Waals surface area contributed by atoms with E-state index in [-0.39, 0.29) is 0 Å². The largest absolute Gasteiger partial charge is 0.443 e. The van der Waals surface area contributed by atoms with E-state index in [9.17, 15) is 0 Å². The highest BCUT2D eigenvalue weighted by molar-refractivity contribution is 9.09. The van der Waals surface area contributed by atoms with Crippen molar-refractivity contribution in [2.75, 3.05) is 19.0 Å². The summed E-state index contributed by atoms with van der Waals surface area (Å²) < 4.78 is 5.26. The first kappa shape index (κ1) is 10.6. The summed E-state index contributed by atoms with van der Waals surface area (Å²) >= 11 is 3.42. The summed E-state index contributed by atoms with van der Waals surface area (Å²) in [5.74, 6) is 0. The molecule has 0 amide bonds. The van der Waals surface area contributed by atoms with Gasteiger partial charge < -0.3 is 4.42 Å². The van der Waals surface area contributed by atoms with Crippen molar-refractivity contribution in [1.82, 2.24) is 9.88 Å². The molecule has 0 saturated heterocycles. The Morgan fingerprint density at radius 2 is 2.33 bits per heavy atom. The molecule has 0 spiro atoms. The molecule has 0 bridgehead atoms. The minimum atomic E-state index is 0.869. The van der Waals surface area contributed by atoms with E-state index in [4.69, 9.17) is 4.42 Å². The van der Waals surface area contributed by atoms with E-state index in [1.807, 2.05) is 6.07 Å². The van der Waals surface area contributed by atoms with Gasteiger partial charge in [0.15, 0.2) is 12.0 Å². The van der Waals surface area contributed by atoms with Crippen LogP contribution >= 0.6 is 15.9 Å². The Kier molecular flexibility index (Phi) is 3.38. The fourth-order valence-electron chi connectivity index (χ4n) is 1.43. The molecular weight excluding hydrogens is 256 g/mol. The van der Waals surface area contributed by atoms with Crippen molar-refractivity contribution in [3.63, 3.8) is 0 Å². The summed E-state index contributed by atoms with van der Waals surface area (Å²) in [7, 11) is 2.09. The van der Waals surface area contributed by atoms with Crippen molar-refractivity contribution >= 4 is 27.0 Å². The number of hydrogen-bond donors (Lipinski definition) is 0. The number of nitrogens with zero attached hydrogens (tertiary/aromatic N) is 2. The van der Waals surface area contributed by atoms with Crippen molar-refractivity contribution in [2.45, 2.75) is 6.42 Å². The maximum atomic E-state index is 5.26. The molecule has 0 aliphatic carbocycles. The molecule has 15 heavy (non-hydrogen) atoms. The third-order valence-electron chi connectivity index (χ3n) is 2.38. The molecule has 0 unspecified atom stereocenters. The van der Waals surface area contributed by atoms with Gasteiger partial charge >= 0.3 is 0 Å². The second-order valence-corrected chi connectivity index (χ2v) is 4.11. The monoisotopic (exact) mass is 268 g/mol. The van der Waals surface area contributed by atoms with Gasteiger partial charge in [-0.2, -0.15) is 0 Å². The average Bonchev–Trinajstić information content (AvgIpc) is 2.72. The van der Waals surface area contributed by atoms with Crippen LogP contribution in [-0.4, -0.2) is 28.9 Å². The second kappa shape index (κ2) is 4.77. The summed E-state index contributed by atoms with van der Waals surface area (Å²) in [6.45, 7) is 1.03. The van der Waals surface area contributed by atoms with Gasteiger partial charge in [0.05, 0.1) is 5.45 Å². The molecule has 0 aliphatic rings. The number of hydrogen-bond acceptors (Lipinski definition) is 3. The van der Waals surface area contributed by atoms with Gasteiger partial charge in [-0.25, -0.2) is 4.98 Å². The van der Waals surface area contributed by atoms with Crippen LogP contribution in [0.1, 0.15) is 5.56 Å². The third kappa shape index (κ3) is 2.58. The lowest BCUT2D eigenvalue weighted by atomic mass is 10.1. The molecule has 0 fully saturated rings. The fourth-order valence-corrected chi connectivity index (χ4v) is 1.69. The van der Waals surface area contributed by atoms with Crippen molar-refractivity contribution < 1.29 is 4.42 Å². The Hall–Kier alpha value is -0.870. The minimum Gasteiger partial charge on any atom is -0.443 e. The van der Waals surface area contributed by atoms with Gasteiger partial charge in [0.1, 0.15) is 5.52 Å². The SMILES string of the molecule is CN(CBr)CCc1ccc2ncoc2c1. The van der Waals surface area contributed by atoms with Crippen LogP contribution < -0.4 is 0 Å². The lowest BCUT2D eigenvalue weighted by Gasteiger charge is -2.11.